The maximum Gasteiger partial charge on any atom is 0.303 e. The summed E-state index contributed by atoms with van der Waals surface area (Å²) in [6, 6.07) is 12.0. The van der Waals surface area contributed by atoms with Crippen LogP contribution in [0.4, 0.5) is 10.1 Å². The molecule has 1 heterocycles. The first-order valence-corrected chi connectivity index (χ1v) is 8.79. The second-order valence-corrected chi connectivity index (χ2v) is 7.12. The molecule has 2 aromatic carbocycles. The number of hydrogen-bond donors (Lipinski definition) is 1. The van der Waals surface area contributed by atoms with E-state index < -0.39 is 11.5 Å². The van der Waals surface area contributed by atoms with E-state index in [2.05, 4.69) is 5.32 Å². The summed E-state index contributed by atoms with van der Waals surface area (Å²) in [6.45, 7) is 7.98. The lowest BCUT2D eigenvalue weighted by molar-refractivity contribution is -0.154. The van der Waals surface area contributed by atoms with Crippen LogP contribution in [0.25, 0.3) is 0 Å². The van der Waals surface area contributed by atoms with Gasteiger partial charge in [-0.05, 0) is 42.8 Å². The fourth-order valence-corrected chi connectivity index (χ4v) is 3.59. The quantitative estimate of drug-likeness (QED) is 0.781. The predicted octanol–water partition coefficient (Wildman–Crippen LogP) is 5.02. The monoisotopic (exact) mass is 357 g/mol. The Kier molecular flexibility index (Phi) is 4.90. The van der Waals surface area contributed by atoms with E-state index in [1.54, 1.807) is 12.1 Å². The summed E-state index contributed by atoms with van der Waals surface area (Å²) in [4.78, 5) is 11.8. The lowest BCUT2D eigenvalue weighted by Gasteiger charge is -2.46. The van der Waals surface area contributed by atoms with Crippen LogP contribution in [-0.4, -0.2) is 12.6 Å². The van der Waals surface area contributed by atoms with Crippen molar-refractivity contribution in [1.29, 1.82) is 0 Å². The molecule has 0 bridgehead atoms. The van der Waals surface area contributed by atoms with Crippen LogP contribution >= 0.6 is 0 Å². The minimum absolute atomic E-state index is 0.141. The van der Waals surface area contributed by atoms with Crippen molar-refractivity contribution in [2.45, 2.75) is 39.8 Å². The van der Waals surface area contributed by atoms with Gasteiger partial charge in [0, 0.05) is 23.6 Å². The molecule has 0 saturated carbocycles. The molecule has 0 saturated heterocycles. The Morgan fingerprint density at radius 1 is 1.19 bits per heavy atom. The van der Waals surface area contributed by atoms with Crippen molar-refractivity contribution < 1.29 is 18.7 Å². The number of esters is 1. The van der Waals surface area contributed by atoms with E-state index >= 15 is 0 Å². The van der Waals surface area contributed by atoms with Crippen molar-refractivity contribution in [3.05, 3.63) is 59.4 Å². The Morgan fingerprint density at radius 2 is 1.88 bits per heavy atom. The second kappa shape index (κ2) is 6.98. The molecule has 0 amide bonds. The van der Waals surface area contributed by atoms with Crippen LogP contribution in [0.3, 0.4) is 0 Å². The first kappa shape index (κ1) is 18.2. The summed E-state index contributed by atoms with van der Waals surface area (Å²) < 4.78 is 24.7. The van der Waals surface area contributed by atoms with E-state index in [-0.39, 0.29) is 17.8 Å². The van der Waals surface area contributed by atoms with Crippen LogP contribution in [0.15, 0.2) is 42.5 Å². The lowest BCUT2D eigenvalue weighted by atomic mass is 9.70. The van der Waals surface area contributed by atoms with Gasteiger partial charge >= 0.3 is 5.97 Å². The Bertz CT molecular complexity index is 801. The molecule has 2 atom stereocenters. The van der Waals surface area contributed by atoms with Crippen molar-refractivity contribution in [2.75, 3.05) is 11.9 Å². The molecule has 0 aromatic heterocycles. The molecule has 138 valence electrons. The topological polar surface area (TPSA) is 47.6 Å². The van der Waals surface area contributed by atoms with Gasteiger partial charge in [-0.3, -0.25) is 4.79 Å². The number of rotatable bonds is 4. The highest BCUT2D eigenvalue weighted by Gasteiger charge is 2.46. The van der Waals surface area contributed by atoms with Crippen LogP contribution in [0.1, 0.15) is 51.0 Å². The molecule has 4 nitrogen and oxygen atoms in total. The Morgan fingerprint density at radius 3 is 2.50 bits per heavy atom. The fraction of sp³-hybridized carbons (Fsp3) is 0.381. The maximum absolute atomic E-state index is 13.3. The molecule has 26 heavy (non-hydrogen) atoms. The van der Waals surface area contributed by atoms with Crippen LogP contribution < -0.4 is 10.1 Å². The van der Waals surface area contributed by atoms with E-state index in [4.69, 9.17) is 9.47 Å². The highest BCUT2D eigenvalue weighted by molar-refractivity contribution is 5.68. The second-order valence-electron chi connectivity index (χ2n) is 7.12. The summed E-state index contributed by atoms with van der Waals surface area (Å²) in [6.07, 6.45) is -0.452. The number of nitrogens with one attached hydrogen (secondary N) is 1. The largest absolute Gasteiger partial charge is 0.494 e. The molecular formula is C21H24FNO3. The normalized spacial score (nSPS) is 20.7. The summed E-state index contributed by atoms with van der Waals surface area (Å²) in [5, 5.41) is 3.53. The standard InChI is InChI=1S/C21H24FNO3/c1-5-25-16-10-11-18-17(12-16)20(26-13(2)24)21(3,4)19(23-18)14-6-8-15(22)9-7-14/h6-12,19-20,23H,5H2,1-4H3/t19-,20+/m1/s1. The molecule has 1 aliphatic rings. The molecule has 1 N–H and O–H groups in total. The highest BCUT2D eigenvalue weighted by Crippen LogP contribution is 2.53. The fourth-order valence-electron chi connectivity index (χ4n) is 3.59. The van der Waals surface area contributed by atoms with Crippen LogP contribution in [-0.2, 0) is 9.53 Å². The molecule has 1 aliphatic heterocycles. The van der Waals surface area contributed by atoms with Gasteiger partial charge in [-0.1, -0.05) is 26.0 Å². The van der Waals surface area contributed by atoms with Crippen molar-refractivity contribution in [2.24, 2.45) is 5.41 Å². The average Bonchev–Trinajstić information content (AvgIpc) is 2.58. The minimum Gasteiger partial charge on any atom is -0.494 e. The van der Waals surface area contributed by atoms with E-state index in [9.17, 15) is 9.18 Å². The van der Waals surface area contributed by atoms with Crippen LogP contribution in [0.2, 0.25) is 0 Å². The van der Waals surface area contributed by atoms with Crippen molar-refractivity contribution in [3.63, 3.8) is 0 Å². The molecule has 0 radical (unpaired) electrons. The molecule has 0 spiro atoms. The SMILES string of the molecule is CCOc1ccc2c(c1)[C@H](OC(C)=O)C(C)(C)[C@@H](c1ccc(F)cc1)N2. The lowest BCUT2D eigenvalue weighted by Crippen LogP contribution is -2.40. The molecule has 2 aromatic rings. The van der Waals surface area contributed by atoms with Gasteiger partial charge in [-0.25, -0.2) is 4.39 Å². The molecular weight excluding hydrogens is 333 g/mol. The molecule has 3 rings (SSSR count). The molecule has 0 aliphatic carbocycles. The smallest absolute Gasteiger partial charge is 0.303 e. The van der Waals surface area contributed by atoms with Gasteiger partial charge in [-0.15, -0.1) is 0 Å². The van der Waals surface area contributed by atoms with Crippen molar-refractivity contribution >= 4 is 11.7 Å². The first-order chi connectivity index (χ1) is 12.3. The number of fused-ring (bicyclic) bond motifs is 1. The Balaban J connectivity index is 2.08. The number of benzene rings is 2. The zero-order valence-electron chi connectivity index (χ0n) is 15.5. The van der Waals surface area contributed by atoms with Gasteiger partial charge in [0.05, 0.1) is 12.6 Å². The van der Waals surface area contributed by atoms with Gasteiger partial charge in [0.25, 0.3) is 0 Å². The number of halogens is 1. The number of carbonyl (C=O) groups is 1. The summed E-state index contributed by atoms with van der Waals surface area (Å²) >= 11 is 0. The van der Waals surface area contributed by atoms with Gasteiger partial charge in [0.1, 0.15) is 17.7 Å². The number of anilines is 1. The summed E-state index contributed by atoms with van der Waals surface area (Å²) in [5.41, 5.74) is 2.25. The molecule has 0 unspecified atom stereocenters. The third kappa shape index (κ3) is 3.39. The van der Waals surface area contributed by atoms with E-state index in [0.29, 0.717) is 6.61 Å². The number of hydrogen-bond acceptors (Lipinski definition) is 4. The van der Waals surface area contributed by atoms with Crippen molar-refractivity contribution in [3.8, 4) is 5.75 Å². The average molecular weight is 357 g/mol. The highest BCUT2D eigenvalue weighted by atomic mass is 19.1. The number of ether oxygens (including phenoxy) is 2. The molecule has 0 fully saturated rings. The van der Waals surface area contributed by atoms with Crippen molar-refractivity contribution in [1.82, 2.24) is 0 Å². The van der Waals surface area contributed by atoms with E-state index in [1.165, 1.54) is 19.1 Å². The van der Waals surface area contributed by atoms with Crippen LogP contribution in [0.5, 0.6) is 5.75 Å². The zero-order chi connectivity index (χ0) is 18.9. The first-order valence-electron chi connectivity index (χ1n) is 8.79. The maximum atomic E-state index is 13.3. The van der Waals surface area contributed by atoms with Crippen LogP contribution in [0, 0.1) is 11.2 Å². The third-order valence-electron chi connectivity index (χ3n) is 4.82. The number of carbonyl (C=O) groups excluding carboxylic acids is 1. The van der Waals surface area contributed by atoms with Gasteiger partial charge in [-0.2, -0.15) is 0 Å². The summed E-state index contributed by atoms with van der Waals surface area (Å²) in [7, 11) is 0. The Hall–Kier alpha value is -2.56. The third-order valence-corrected chi connectivity index (χ3v) is 4.82. The van der Waals surface area contributed by atoms with E-state index in [0.717, 1.165) is 22.6 Å². The molecule has 5 heteroatoms. The summed E-state index contributed by atoms with van der Waals surface area (Å²) in [5.74, 6) is 0.123. The van der Waals surface area contributed by atoms with E-state index in [1.807, 2.05) is 39.0 Å². The zero-order valence-corrected chi connectivity index (χ0v) is 15.5. The minimum atomic E-state index is -0.457. The van der Waals surface area contributed by atoms with Gasteiger partial charge < -0.3 is 14.8 Å². The van der Waals surface area contributed by atoms with Gasteiger partial charge in [0.15, 0.2) is 0 Å². The Labute approximate surface area is 153 Å². The van der Waals surface area contributed by atoms with Gasteiger partial charge in [0.2, 0.25) is 0 Å². The predicted molar refractivity (Wildman–Crippen MR) is 98.7 cm³/mol.